The van der Waals surface area contributed by atoms with Gasteiger partial charge in [0.25, 0.3) is 5.91 Å². The molecule has 5 aromatic rings. The van der Waals surface area contributed by atoms with Crippen molar-refractivity contribution in [3.63, 3.8) is 0 Å². The number of aryl methyl sites for hydroxylation is 2. The van der Waals surface area contributed by atoms with E-state index in [9.17, 15) is 36.0 Å². The number of ether oxygens (including phenoxy) is 3. The third kappa shape index (κ3) is 14.7. The minimum Gasteiger partial charge on any atom is -0.497 e. The smallest absolute Gasteiger partial charge is 0.409 e. The summed E-state index contributed by atoms with van der Waals surface area (Å²) in [4.78, 5) is 67.8. The second-order valence-corrected chi connectivity index (χ2v) is 23.8. The van der Waals surface area contributed by atoms with E-state index in [-0.39, 0.29) is 43.0 Å². The first-order valence-corrected chi connectivity index (χ1v) is 28.7. The molecule has 1 aliphatic heterocycles. The molecule has 3 aliphatic rings. The molecular weight excluding hydrogens is 1050 g/mol. The lowest BCUT2D eigenvalue weighted by atomic mass is 9.85. The van der Waals surface area contributed by atoms with Gasteiger partial charge in [0.05, 0.1) is 24.9 Å². The van der Waals surface area contributed by atoms with Crippen LogP contribution in [0.3, 0.4) is 0 Å². The molecule has 2 saturated carbocycles. The van der Waals surface area contributed by atoms with Crippen LogP contribution >= 0.6 is 11.3 Å². The molecular formula is C53H66N8O13S3. The second kappa shape index (κ2) is 23.7. The quantitative estimate of drug-likeness (QED) is 0.0552. The summed E-state index contributed by atoms with van der Waals surface area (Å²) in [5.74, 6) is -1.72. The van der Waals surface area contributed by atoms with Crippen molar-refractivity contribution in [2.75, 3.05) is 19.0 Å². The number of hydrogen-bond acceptors (Lipinski definition) is 17. The monoisotopic (exact) mass is 1120 g/mol. The number of anilines is 1. The van der Waals surface area contributed by atoms with E-state index in [1.54, 1.807) is 102 Å². The molecule has 8 rings (SSSR count). The maximum absolute atomic E-state index is 14.9. The number of hydrogen-bond donors (Lipinski definition) is 5. The number of aromatic nitrogens is 2. The predicted octanol–water partition coefficient (Wildman–Crippen LogP) is 7.01. The normalized spacial score (nSPS) is 19.8. The molecule has 2 aromatic heterocycles. The molecule has 21 nitrogen and oxygen atoms in total. The van der Waals surface area contributed by atoms with E-state index in [4.69, 9.17) is 28.4 Å². The molecule has 0 bridgehead atoms. The van der Waals surface area contributed by atoms with Crippen molar-refractivity contribution in [1.29, 1.82) is 0 Å². The fourth-order valence-electron chi connectivity index (χ4n) is 9.02. The van der Waals surface area contributed by atoms with Crippen molar-refractivity contribution in [2.45, 2.75) is 123 Å². The Hall–Kier alpha value is -7.02. The van der Waals surface area contributed by atoms with Crippen LogP contribution in [0.5, 0.6) is 23.0 Å². The molecule has 3 fully saturated rings. The molecule has 0 spiro atoms. The molecule has 0 radical (unpaired) electrons. The largest absolute Gasteiger partial charge is 0.497 e. The fourth-order valence-corrected chi connectivity index (χ4v) is 11.2. The number of alkyl carbamates (subject to hydrolysis) is 1. The molecule has 4 amide bonds. The number of carbonyl (C=O) groups excluding carboxylic acids is 4. The van der Waals surface area contributed by atoms with E-state index in [1.165, 1.54) is 28.4 Å². The van der Waals surface area contributed by atoms with Gasteiger partial charge in [-0.1, -0.05) is 63.2 Å². The molecule has 3 heterocycles. The lowest BCUT2D eigenvalue weighted by molar-refractivity contribution is -0.143. The number of rotatable bonds is 18. The van der Waals surface area contributed by atoms with Crippen LogP contribution in [0.15, 0.2) is 90.8 Å². The zero-order valence-electron chi connectivity index (χ0n) is 44.2. The number of amides is 4. The van der Waals surface area contributed by atoms with Crippen molar-refractivity contribution in [3.8, 4) is 34.4 Å². The van der Waals surface area contributed by atoms with Gasteiger partial charge >= 0.3 is 26.7 Å². The highest BCUT2D eigenvalue weighted by Crippen LogP contribution is 2.45. The Morgan fingerprint density at radius 2 is 1.53 bits per heavy atom. The standard InChI is InChI=1S/C46H57N7O10S2.C7H9NO3S/c1-9-28-23-46(28,42(56)52-65(58,59)63-37-17-13-10-14-27(37)4)51-40(54)36-21-31(24-53(36)41(55)39(45(5,6)7)50-44(57)62-29-15-11-12-16-29)61-38-22-34(35-25-64-43(49-35)47-26(2)3)48-33-20-30(60-8)18-19-32(33)38;1-6-4-2-3-5-7(6)11-12(8,9)10/h9-10,13-14,17-20,22,25-26,28-29,31,36,39H,1,11-12,15-16,21,23-24H2,2-8H3,(H,47,49)(H,50,57)(H,51,54)(H,52,56);2-5H,1H3,(H2,8,9,10)/t28-,31-,36+,39-,46-;/m1./s1. The average molecular weight is 1120 g/mol. The van der Waals surface area contributed by atoms with Crippen molar-refractivity contribution in [1.82, 2.24) is 30.2 Å². The number of likely N-dealkylation sites (tertiary alicyclic amines) is 1. The minimum absolute atomic E-state index is 0.0231. The van der Waals surface area contributed by atoms with Crippen LogP contribution < -0.4 is 43.7 Å². The molecule has 2 aliphatic carbocycles. The number of nitrogens with two attached hydrogens (primary N) is 1. The first-order valence-electron chi connectivity index (χ1n) is 25.0. The van der Waals surface area contributed by atoms with Gasteiger partial charge in [0, 0.05) is 41.3 Å². The Bertz CT molecular complexity index is 3230. The molecule has 0 unspecified atom stereocenters. The van der Waals surface area contributed by atoms with Crippen LogP contribution in [0.25, 0.3) is 22.3 Å². The van der Waals surface area contributed by atoms with Gasteiger partial charge in [-0.3, -0.25) is 14.4 Å². The molecule has 24 heteroatoms. The first kappa shape index (κ1) is 57.7. The summed E-state index contributed by atoms with van der Waals surface area (Å²) < 4.78 is 77.0. The maximum atomic E-state index is 14.9. The summed E-state index contributed by atoms with van der Waals surface area (Å²) in [7, 11) is -7.04. The summed E-state index contributed by atoms with van der Waals surface area (Å²) in [6, 6.07) is 18.0. The summed E-state index contributed by atoms with van der Waals surface area (Å²) in [6.45, 7) is 16.5. The number of thiazole rings is 1. The Balaban J connectivity index is 0.000000633. The van der Waals surface area contributed by atoms with Gasteiger partial charge < -0.3 is 43.4 Å². The summed E-state index contributed by atoms with van der Waals surface area (Å²) in [5, 5.41) is 16.8. The van der Waals surface area contributed by atoms with E-state index in [1.807, 2.05) is 30.0 Å². The van der Waals surface area contributed by atoms with Crippen LogP contribution in [-0.4, -0.2) is 105 Å². The highest BCUT2D eigenvalue weighted by atomic mass is 32.2. The first-order chi connectivity index (χ1) is 36.3. The Morgan fingerprint density at radius 1 is 0.883 bits per heavy atom. The van der Waals surface area contributed by atoms with Gasteiger partial charge in [0.2, 0.25) is 11.8 Å². The third-order valence-electron chi connectivity index (χ3n) is 13.1. The van der Waals surface area contributed by atoms with Crippen LogP contribution in [-0.2, 0) is 39.7 Å². The summed E-state index contributed by atoms with van der Waals surface area (Å²) >= 11 is 1.44. The Morgan fingerprint density at radius 3 is 2.12 bits per heavy atom. The molecule has 1 saturated heterocycles. The Labute approximate surface area is 453 Å². The van der Waals surface area contributed by atoms with Gasteiger partial charge in [-0.05, 0) is 101 Å². The maximum Gasteiger partial charge on any atom is 0.409 e. The van der Waals surface area contributed by atoms with E-state index < -0.39 is 79.5 Å². The average Bonchev–Trinajstić information content (AvgIpc) is 3.79. The van der Waals surface area contributed by atoms with Crippen molar-refractivity contribution >= 4 is 71.8 Å². The molecule has 5 atom stereocenters. The van der Waals surface area contributed by atoms with E-state index >= 15 is 0 Å². The number of fused-ring (bicyclic) bond motifs is 1. The van der Waals surface area contributed by atoms with Crippen LogP contribution in [0.4, 0.5) is 9.93 Å². The molecule has 6 N–H and O–H groups in total. The number of nitrogens with one attached hydrogen (secondary N) is 4. The zero-order valence-corrected chi connectivity index (χ0v) is 46.6. The van der Waals surface area contributed by atoms with Crippen molar-refractivity contribution in [2.24, 2.45) is 16.5 Å². The highest BCUT2D eigenvalue weighted by Gasteiger charge is 2.62. The number of pyridine rings is 1. The van der Waals surface area contributed by atoms with E-state index in [0.717, 1.165) is 36.4 Å². The number of methoxy groups -OCH3 is 1. The molecule has 3 aromatic carbocycles. The topological polar surface area (TPSA) is 286 Å². The van der Waals surface area contributed by atoms with Gasteiger partial charge in [0.15, 0.2) is 5.13 Å². The fraction of sp³-hybridized carbons (Fsp3) is 0.434. The van der Waals surface area contributed by atoms with Crippen molar-refractivity contribution in [3.05, 3.63) is 102 Å². The minimum atomic E-state index is -4.69. The zero-order chi connectivity index (χ0) is 56.0. The van der Waals surface area contributed by atoms with Crippen LogP contribution in [0.2, 0.25) is 0 Å². The predicted molar refractivity (Wildman–Crippen MR) is 291 cm³/mol. The van der Waals surface area contributed by atoms with Gasteiger partial charge in [-0.15, -0.1) is 17.9 Å². The van der Waals surface area contributed by atoms with Crippen LogP contribution in [0, 0.1) is 25.2 Å². The number of para-hydroxylation sites is 2. The summed E-state index contributed by atoms with van der Waals surface area (Å²) in [5.41, 5.74) is 0.347. The lowest BCUT2D eigenvalue weighted by Crippen LogP contribution is -2.60. The van der Waals surface area contributed by atoms with Gasteiger partial charge in [-0.2, -0.15) is 22.0 Å². The van der Waals surface area contributed by atoms with Crippen LogP contribution in [0.1, 0.15) is 84.3 Å². The van der Waals surface area contributed by atoms with Gasteiger partial charge in [0.1, 0.15) is 58.5 Å². The number of carbonyl (C=O) groups is 4. The number of nitrogens with zero attached hydrogens (tertiary/aromatic N) is 3. The lowest BCUT2D eigenvalue weighted by Gasteiger charge is -2.35. The van der Waals surface area contributed by atoms with E-state index in [2.05, 4.69) is 31.9 Å². The van der Waals surface area contributed by atoms with Gasteiger partial charge in [-0.25, -0.2) is 19.5 Å². The second-order valence-electron chi connectivity index (χ2n) is 20.5. The Kier molecular flexibility index (Phi) is 17.8. The third-order valence-corrected chi connectivity index (χ3v) is 15.1. The SMILES string of the molecule is C=C[C@@H]1C[C@]1(NC(=O)[C@@H]1C[C@@H](Oc2cc(-c3csc(NC(C)C)n3)nc3cc(OC)ccc23)CN1C(=O)[C@@H](NC(=O)OC1CCCC1)C(C)(C)C)C(=O)NS(=O)(=O)Oc1ccccc1C.Cc1ccccc1OS(N)(=O)=O. The molecule has 414 valence electrons. The van der Waals surface area contributed by atoms with Crippen molar-refractivity contribution < 1.29 is 58.6 Å². The van der Waals surface area contributed by atoms with E-state index in [0.29, 0.717) is 39.4 Å². The highest BCUT2D eigenvalue weighted by molar-refractivity contribution is 7.85. The summed E-state index contributed by atoms with van der Waals surface area (Å²) in [6.07, 6.45) is 2.98. The number of benzene rings is 3. The molecule has 77 heavy (non-hydrogen) atoms.